The predicted octanol–water partition coefficient (Wildman–Crippen LogP) is 1.29. The largest absolute Gasteiger partial charge is 0.451 e. The van der Waals surface area contributed by atoms with Crippen molar-refractivity contribution in [3.8, 4) is 0 Å². The van der Waals surface area contributed by atoms with Crippen molar-refractivity contribution in [1.82, 2.24) is 15.6 Å². The Morgan fingerprint density at radius 2 is 2.24 bits per heavy atom. The van der Waals surface area contributed by atoms with Crippen molar-refractivity contribution in [2.24, 2.45) is 0 Å². The second-order valence-corrected chi connectivity index (χ2v) is 4.59. The molecule has 1 rings (SSSR count). The van der Waals surface area contributed by atoms with E-state index in [1.807, 2.05) is 20.8 Å². The molecular formula is C11H19N3O3. The van der Waals surface area contributed by atoms with Crippen LogP contribution in [0.5, 0.6) is 0 Å². The third-order valence-electron chi connectivity index (χ3n) is 1.76. The molecule has 0 aliphatic rings. The minimum absolute atomic E-state index is 0.402. The van der Waals surface area contributed by atoms with Gasteiger partial charge in [0.25, 0.3) is 0 Å². The van der Waals surface area contributed by atoms with E-state index in [9.17, 15) is 4.79 Å². The summed E-state index contributed by atoms with van der Waals surface area (Å²) in [6, 6.07) is 0. The van der Waals surface area contributed by atoms with Gasteiger partial charge in [0.1, 0.15) is 11.9 Å². The summed E-state index contributed by atoms with van der Waals surface area (Å²) in [4.78, 5) is 15.2. The number of aromatic nitrogens is 1. The van der Waals surface area contributed by atoms with Gasteiger partial charge in [-0.15, -0.1) is 0 Å². The zero-order valence-corrected chi connectivity index (χ0v) is 10.4. The first kappa shape index (κ1) is 13.5. The van der Waals surface area contributed by atoms with Crippen LogP contribution in [0.1, 0.15) is 26.5 Å². The van der Waals surface area contributed by atoms with Crippen LogP contribution in [0.3, 0.4) is 0 Å². The molecule has 17 heavy (non-hydrogen) atoms. The predicted molar refractivity (Wildman–Crippen MR) is 62.4 cm³/mol. The number of alkyl carbamates (subject to hydrolysis) is 1. The molecule has 0 aliphatic heterocycles. The number of hydrogen-bond donors (Lipinski definition) is 2. The lowest BCUT2D eigenvalue weighted by Crippen LogP contribution is -2.36. The minimum Gasteiger partial charge on any atom is -0.451 e. The van der Waals surface area contributed by atoms with Gasteiger partial charge in [-0.3, -0.25) is 0 Å². The summed E-state index contributed by atoms with van der Waals surface area (Å²) in [5, 5.41) is 5.77. The van der Waals surface area contributed by atoms with E-state index in [0.717, 1.165) is 5.69 Å². The van der Waals surface area contributed by atoms with E-state index in [1.54, 1.807) is 6.26 Å². The molecule has 1 aromatic rings. The highest BCUT2D eigenvalue weighted by atomic mass is 16.6. The SMILES string of the molecule is CC(C)(C)OC(=O)NCCNCc1cocn1. The maximum absolute atomic E-state index is 11.3. The first-order chi connectivity index (χ1) is 7.97. The highest BCUT2D eigenvalue weighted by molar-refractivity contribution is 5.67. The maximum Gasteiger partial charge on any atom is 0.407 e. The van der Waals surface area contributed by atoms with E-state index in [1.165, 1.54) is 6.39 Å². The van der Waals surface area contributed by atoms with Crippen LogP contribution in [0.25, 0.3) is 0 Å². The van der Waals surface area contributed by atoms with Crippen molar-refractivity contribution >= 4 is 6.09 Å². The summed E-state index contributed by atoms with van der Waals surface area (Å²) in [5.74, 6) is 0. The second-order valence-electron chi connectivity index (χ2n) is 4.59. The molecule has 0 saturated carbocycles. The quantitative estimate of drug-likeness (QED) is 0.760. The standard InChI is InChI=1S/C11H19N3O3/c1-11(2,3)17-10(15)13-5-4-12-6-9-7-16-8-14-9/h7-8,12H,4-6H2,1-3H3,(H,13,15). The molecule has 0 bridgehead atoms. The van der Waals surface area contributed by atoms with Crippen LogP contribution in [0.4, 0.5) is 4.79 Å². The van der Waals surface area contributed by atoms with E-state index < -0.39 is 11.7 Å². The van der Waals surface area contributed by atoms with Crippen molar-refractivity contribution in [3.05, 3.63) is 18.4 Å². The van der Waals surface area contributed by atoms with Gasteiger partial charge in [0, 0.05) is 19.6 Å². The van der Waals surface area contributed by atoms with E-state index in [-0.39, 0.29) is 0 Å². The van der Waals surface area contributed by atoms with E-state index in [4.69, 9.17) is 9.15 Å². The molecule has 6 heteroatoms. The normalized spacial score (nSPS) is 11.2. The molecule has 0 aliphatic carbocycles. The van der Waals surface area contributed by atoms with Gasteiger partial charge in [0.15, 0.2) is 6.39 Å². The molecule has 0 atom stereocenters. The molecule has 96 valence electrons. The van der Waals surface area contributed by atoms with Crippen molar-refractivity contribution < 1.29 is 13.9 Å². The molecular weight excluding hydrogens is 222 g/mol. The van der Waals surface area contributed by atoms with Crippen LogP contribution in [-0.2, 0) is 11.3 Å². The molecule has 0 fully saturated rings. The number of nitrogens with one attached hydrogen (secondary N) is 2. The fourth-order valence-electron chi connectivity index (χ4n) is 1.11. The third-order valence-corrected chi connectivity index (χ3v) is 1.76. The Bertz CT molecular complexity index is 330. The Morgan fingerprint density at radius 3 is 2.82 bits per heavy atom. The van der Waals surface area contributed by atoms with E-state index >= 15 is 0 Å². The molecule has 0 aromatic carbocycles. The summed E-state index contributed by atoms with van der Waals surface area (Å²) >= 11 is 0. The van der Waals surface area contributed by atoms with Gasteiger partial charge in [0.2, 0.25) is 0 Å². The number of ether oxygens (including phenoxy) is 1. The van der Waals surface area contributed by atoms with E-state index in [2.05, 4.69) is 15.6 Å². The Kier molecular flexibility index (Phi) is 4.96. The van der Waals surface area contributed by atoms with Gasteiger partial charge < -0.3 is 19.8 Å². The van der Waals surface area contributed by atoms with Crippen LogP contribution >= 0.6 is 0 Å². The molecule has 6 nitrogen and oxygen atoms in total. The topological polar surface area (TPSA) is 76.4 Å². The zero-order chi connectivity index (χ0) is 12.7. The van der Waals surface area contributed by atoms with Crippen molar-refractivity contribution in [3.63, 3.8) is 0 Å². The molecule has 0 unspecified atom stereocenters. The molecule has 2 N–H and O–H groups in total. The molecule has 0 radical (unpaired) electrons. The molecule has 1 heterocycles. The third kappa shape index (κ3) is 6.57. The highest BCUT2D eigenvalue weighted by Gasteiger charge is 2.15. The average molecular weight is 241 g/mol. The lowest BCUT2D eigenvalue weighted by molar-refractivity contribution is 0.0528. The summed E-state index contributed by atoms with van der Waals surface area (Å²) < 4.78 is 9.91. The van der Waals surface area contributed by atoms with Gasteiger partial charge in [-0.05, 0) is 20.8 Å². The average Bonchev–Trinajstić information content (AvgIpc) is 2.67. The number of carbonyl (C=O) groups excluding carboxylic acids is 1. The molecule has 1 aromatic heterocycles. The van der Waals surface area contributed by atoms with Gasteiger partial charge in [-0.1, -0.05) is 0 Å². The van der Waals surface area contributed by atoms with Crippen LogP contribution in [0.2, 0.25) is 0 Å². The number of oxazole rings is 1. The highest BCUT2D eigenvalue weighted by Crippen LogP contribution is 2.05. The monoisotopic (exact) mass is 241 g/mol. The molecule has 0 saturated heterocycles. The van der Waals surface area contributed by atoms with E-state index in [0.29, 0.717) is 19.6 Å². The number of nitrogens with zero attached hydrogens (tertiary/aromatic N) is 1. The van der Waals surface area contributed by atoms with Crippen molar-refractivity contribution in [1.29, 1.82) is 0 Å². The Morgan fingerprint density at radius 1 is 1.47 bits per heavy atom. The Balaban J connectivity index is 2.02. The first-order valence-corrected chi connectivity index (χ1v) is 5.52. The number of carbonyl (C=O) groups is 1. The van der Waals surface area contributed by atoms with Gasteiger partial charge in [0.05, 0.1) is 5.69 Å². The fourth-order valence-corrected chi connectivity index (χ4v) is 1.11. The fraction of sp³-hybridized carbons (Fsp3) is 0.636. The van der Waals surface area contributed by atoms with Crippen LogP contribution < -0.4 is 10.6 Å². The summed E-state index contributed by atoms with van der Waals surface area (Å²) in [6.45, 7) is 7.26. The number of amides is 1. The van der Waals surface area contributed by atoms with Gasteiger partial charge in [-0.25, -0.2) is 9.78 Å². The molecule has 1 amide bonds. The summed E-state index contributed by atoms with van der Waals surface area (Å²) in [6.07, 6.45) is 2.56. The van der Waals surface area contributed by atoms with Gasteiger partial charge in [-0.2, -0.15) is 0 Å². The Labute approximate surface area is 101 Å². The molecule has 0 spiro atoms. The Hall–Kier alpha value is -1.56. The van der Waals surface area contributed by atoms with Gasteiger partial charge >= 0.3 is 6.09 Å². The number of hydrogen-bond acceptors (Lipinski definition) is 5. The zero-order valence-electron chi connectivity index (χ0n) is 10.4. The van der Waals surface area contributed by atoms with Crippen molar-refractivity contribution in [2.45, 2.75) is 32.9 Å². The van der Waals surface area contributed by atoms with Crippen LogP contribution in [-0.4, -0.2) is 29.8 Å². The maximum atomic E-state index is 11.3. The van der Waals surface area contributed by atoms with Crippen LogP contribution in [0.15, 0.2) is 17.1 Å². The first-order valence-electron chi connectivity index (χ1n) is 5.52. The summed E-state index contributed by atoms with van der Waals surface area (Å²) in [5.41, 5.74) is 0.375. The summed E-state index contributed by atoms with van der Waals surface area (Å²) in [7, 11) is 0. The van der Waals surface area contributed by atoms with Crippen molar-refractivity contribution in [2.75, 3.05) is 13.1 Å². The lowest BCUT2D eigenvalue weighted by Gasteiger charge is -2.19. The lowest BCUT2D eigenvalue weighted by atomic mass is 10.2. The van der Waals surface area contributed by atoms with Crippen LogP contribution in [0, 0.1) is 0 Å². The minimum atomic E-state index is -0.460. The number of rotatable bonds is 5. The smallest absolute Gasteiger partial charge is 0.407 e. The second kappa shape index (κ2) is 6.24.